The number of rotatable bonds is 3. The van der Waals surface area contributed by atoms with Crippen molar-refractivity contribution in [3.63, 3.8) is 0 Å². The molecule has 7 heteroatoms. The molecule has 1 N–H and O–H groups in total. The van der Waals surface area contributed by atoms with Crippen LogP contribution in [0.5, 0.6) is 0 Å². The predicted octanol–water partition coefficient (Wildman–Crippen LogP) is 3.89. The highest BCUT2D eigenvalue weighted by Gasteiger charge is 2.12. The van der Waals surface area contributed by atoms with Crippen molar-refractivity contribution in [3.8, 4) is 11.4 Å². The summed E-state index contributed by atoms with van der Waals surface area (Å²) < 4.78 is 1.67. The molecular weight excluding hydrogens is 324 g/mol. The second-order valence-corrected chi connectivity index (χ2v) is 5.68. The minimum atomic E-state index is 0.517. The molecule has 3 heterocycles. The van der Waals surface area contributed by atoms with Gasteiger partial charge in [-0.3, -0.25) is 4.98 Å². The fourth-order valence-corrected chi connectivity index (χ4v) is 2.58. The average molecular weight is 337 g/mol. The Labute approximate surface area is 143 Å². The second-order valence-electron chi connectivity index (χ2n) is 5.28. The van der Waals surface area contributed by atoms with Crippen molar-refractivity contribution >= 4 is 28.9 Å². The first-order valence-corrected chi connectivity index (χ1v) is 7.75. The van der Waals surface area contributed by atoms with E-state index in [1.54, 1.807) is 16.9 Å². The Hall–Kier alpha value is -2.99. The van der Waals surface area contributed by atoms with Crippen LogP contribution in [-0.4, -0.2) is 24.6 Å². The molecule has 118 valence electrons. The van der Waals surface area contributed by atoms with Gasteiger partial charge in [0.2, 0.25) is 0 Å². The Morgan fingerprint density at radius 1 is 1.08 bits per heavy atom. The van der Waals surface area contributed by atoms with E-state index < -0.39 is 0 Å². The fraction of sp³-hybridized carbons (Fsp3) is 0.0588. The maximum absolute atomic E-state index is 6.23. The molecule has 0 bridgehead atoms. The van der Waals surface area contributed by atoms with Crippen LogP contribution in [-0.2, 0) is 0 Å². The average Bonchev–Trinajstić information content (AvgIpc) is 3.02. The molecule has 0 aliphatic rings. The summed E-state index contributed by atoms with van der Waals surface area (Å²) in [5, 5.41) is 8.47. The van der Waals surface area contributed by atoms with E-state index in [1.807, 2.05) is 49.4 Å². The van der Waals surface area contributed by atoms with Gasteiger partial charge < -0.3 is 5.32 Å². The highest BCUT2D eigenvalue weighted by atomic mass is 35.5. The number of halogens is 1. The van der Waals surface area contributed by atoms with Gasteiger partial charge in [-0.15, -0.1) is 5.10 Å². The number of pyridine rings is 1. The van der Waals surface area contributed by atoms with Crippen molar-refractivity contribution in [2.45, 2.75) is 6.92 Å². The first kappa shape index (κ1) is 14.6. The predicted molar refractivity (Wildman–Crippen MR) is 93.5 cm³/mol. The number of anilines is 2. The molecule has 0 spiro atoms. The summed E-state index contributed by atoms with van der Waals surface area (Å²) in [5.74, 6) is 1.83. The molecule has 0 saturated carbocycles. The number of hydrogen-bond acceptors (Lipinski definition) is 5. The van der Waals surface area contributed by atoms with E-state index in [1.165, 1.54) is 0 Å². The van der Waals surface area contributed by atoms with Crippen molar-refractivity contribution in [1.82, 2.24) is 24.6 Å². The third-order valence-electron chi connectivity index (χ3n) is 3.50. The summed E-state index contributed by atoms with van der Waals surface area (Å²) in [7, 11) is 0. The van der Waals surface area contributed by atoms with Crippen LogP contribution in [0.4, 0.5) is 11.5 Å². The smallest absolute Gasteiger partial charge is 0.254 e. The number of hydrogen-bond donors (Lipinski definition) is 1. The number of aromatic nitrogens is 5. The molecule has 0 fully saturated rings. The lowest BCUT2D eigenvalue weighted by molar-refractivity contribution is 0.940. The Morgan fingerprint density at radius 2 is 1.96 bits per heavy atom. The van der Waals surface area contributed by atoms with Crippen LogP contribution >= 0.6 is 11.6 Å². The summed E-state index contributed by atoms with van der Waals surface area (Å²) in [6, 6.07) is 13.2. The van der Waals surface area contributed by atoms with E-state index in [2.05, 4.69) is 25.4 Å². The number of benzene rings is 1. The molecule has 0 aliphatic heterocycles. The van der Waals surface area contributed by atoms with Crippen molar-refractivity contribution in [2.24, 2.45) is 0 Å². The van der Waals surface area contributed by atoms with Crippen molar-refractivity contribution < 1.29 is 0 Å². The minimum absolute atomic E-state index is 0.517. The standard InChI is InChI=1S/C17H13ClN6/c1-11-9-15(21-14-7-3-2-6-13(14)18)24-17(20-11)22-16(23-24)12-5-4-8-19-10-12/h2-10,21H,1H3. The lowest BCUT2D eigenvalue weighted by atomic mass is 10.3. The zero-order chi connectivity index (χ0) is 16.5. The van der Waals surface area contributed by atoms with Crippen molar-refractivity contribution in [1.29, 1.82) is 0 Å². The Bertz CT molecular complexity index is 1010. The molecule has 0 aliphatic carbocycles. The van der Waals surface area contributed by atoms with Gasteiger partial charge in [-0.05, 0) is 31.2 Å². The molecule has 4 aromatic rings. The lowest BCUT2D eigenvalue weighted by Crippen LogP contribution is -2.03. The van der Waals surface area contributed by atoms with Crippen molar-refractivity contribution in [2.75, 3.05) is 5.32 Å². The van der Waals surface area contributed by atoms with Gasteiger partial charge in [0.05, 0.1) is 10.7 Å². The zero-order valence-corrected chi connectivity index (χ0v) is 13.6. The van der Waals surface area contributed by atoms with Crippen LogP contribution in [0.1, 0.15) is 5.69 Å². The van der Waals surface area contributed by atoms with Gasteiger partial charge in [-0.1, -0.05) is 23.7 Å². The van der Waals surface area contributed by atoms with E-state index in [4.69, 9.17) is 11.6 Å². The van der Waals surface area contributed by atoms with Crippen LogP contribution < -0.4 is 5.32 Å². The number of para-hydroxylation sites is 1. The zero-order valence-electron chi connectivity index (χ0n) is 12.8. The normalized spacial score (nSPS) is 10.9. The quantitative estimate of drug-likeness (QED) is 0.614. The minimum Gasteiger partial charge on any atom is -0.339 e. The van der Waals surface area contributed by atoms with Crippen LogP contribution in [0.2, 0.25) is 5.02 Å². The molecule has 0 atom stereocenters. The molecule has 0 saturated heterocycles. The summed E-state index contributed by atoms with van der Waals surface area (Å²) in [6.07, 6.45) is 3.44. The Kier molecular flexibility index (Phi) is 3.59. The second kappa shape index (κ2) is 5.90. The van der Waals surface area contributed by atoms with Gasteiger partial charge in [0.15, 0.2) is 5.82 Å². The Morgan fingerprint density at radius 3 is 2.75 bits per heavy atom. The number of aryl methyl sites for hydroxylation is 1. The summed E-state index contributed by atoms with van der Waals surface area (Å²) in [5.41, 5.74) is 2.47. The number of nitrogens with one attached hydrogen (secondary N) is 1. The van der Waals surface area contributed by atoms with E-state index in [-0.39, 0.29) is 0 Å². The van der Waals surface area contributed by atoms with Gasteiger partial charge in [0, 0.05) is 29.7 Å². The van der Waals surface area contributed by atoms with Crippen LogP contribution in [0.25, 0.3) is 17.2 Å². The lowest BCUT2D eigenvalue weighted by Gasteiger charge is -2.09. The molecule has 4 rings (SSSR count). The van der Waals surface area contributed by atoms with E-state index in [9.17, 15) is 0 Å². The molecule has 0 amide bonds. The maximum atomic E-state index is 6.23. The highest BCUT2D eigenvalue weighted by molar-refractivity contribution is 6.33. The molecule has 6 nitrogen and oxygen atoms in total. The summed E-state index contributed by atoms with van der Waals surface area (Å²) >= 11 is 6.23. The monoisotopic (exact) mass is 336 g/mol. The van der Waals surface area contributed by atoms with Crippen LogP contribution in [0, 0.1) is 6.92 Å². The van der Waals surface area contributed by atoms with Gasteiger partial charge >= 0.3 is 0 Å². The molecule has 0 radical (unpaired) electrons. The van der Waals surface area contributed by atoms with Gasteiger partial charge in [-0.25, -0.2) is 4.98 Å². The number of fused-ring (bicyclic) bond motifs is 1. The molecular formula is C17H13ClN6. The molecule has 3 aromatic heterocycles. The Balaban J connectivity index is 1.83. The van der Waals surface area contributed by atoms with Crippen LogP contribution in [0.3, 0.4) is 0 Å². The molecule has 1 aromatic carbocycles. The van der Waals surface area contributed by atoms with Gasteiger partial charge in [0.1, 0.15) is 5.82 Å². The fourth-order valence-electron chi connectivity index (χ4n) is 2.39. The van der Waals surface area contributed by atoms with E-state index in [0.29, 0.717) is 16.6 Å². The van der Waals surface area contributed by atoms with E-state index >= 15 is 0 Å². The topological polar surface area (TPSA) is 68.0 Å². The third-order valence-corrected chi connectivity index (χ3v) is 3.83. The molecule has 0 unspecified atom stereocenters. The van der Waals surface area contributed by atoms with Crippen LogP contribution in [0.15, 0.2) is 54.9 Å². The SMILES string of the molecule is Cc1cc(Nc2ccccc2Cl)n2nc(-c3cccnc3)nc2n1. The summed E-state index contributed by atoms with van der Waals surface area (Å²) in [4.78, 5) is 13.0. The number of nitrogens with zero attached hydrogens (tertiary/aromatic N) is 5. The van der Waals surface area contributed by atoms with Gasteiger partial charge in [-0.2, -0.15) is 9.50 Å². The van der Waals surface area contributed by atoms with Crippen molar-refractivity contribution in [3.05, 3.63) is 65.6 Å². The summed E-state index contributed by atoms with van der Waals surface area (Å²) in [6.45, 7) is 1.91. The first-order chi connectivity index (χ1) is 11.7. The molecule has 24 heavy (non-hydrogen) atoms. The van der Waals surface area contributed by atoms with E-state index in [0.717, 1.165) is 22.8 Å². The van der Waals surface area contributed by atoms with Gasteiger partial charge in [0.25, 0.3) is 5.78 Å². The first-order valence-electron chi connectivity index (χ1n) is 7.37. The highest BCUT2D eigenvalue weighted by Crippen LogP contribution is 2.26. The third kappa shape index (κ3) is 2.68. The maximum Gasteiger partial charge on any atom is 0.254 e. The largest absolute Gasteiger partial charge is 0.339 e.